The molecule has 0 fully saturated rings. The van der Waals surface area contributed by atoms with Gasteiger partial charge in [-0.05, 0) is 43.7 Å². The van der Waals surface area contributed by atoms with Gasteiger partial charge in [0.15, 0.2) is 0 Å². The lowest BCUT2D eigenvalue weighted by Crippen LogP contribution is -2.25. The van der Waals surface area contributed by atoms with Crippen molar-refractivity contribution < 1.29 is 8.81 Å². The second kappa shape index (κ2) is 6.53. The van der Waals surface area contributed by atoms with Gasteiger partial charge in [0.25, 0.3) is 0 Å². The summed E-state index contributed by atoms with van der Waals surface area (Å²) < 4.78 is 19.5. The van der Waals surface area contributed by atoms with E-state index in [1.807, 2.05) is 31.2 Å². The molecule has 0 radical (unpaired) electrons. The summed E-state index contributed by atoms with van der Waals surface area (Å²) in [6.45, 7) is 4.86. The topological polar surface area (TPSA) is 25.2 Å². The summed E-state index contributed by atoms with van der Waals surface area (Å²) in [5.74, 6) is 0.716. The van der Waals surface area contributed by atoms with Gasteiger partial charge in [0, 0.05) is 18.0 Å². The molecular weight excluding hydrogens is 241 g/mol. The lowest BCUT2D eigenvalue weighted by molar-refractivity contribution is 0.438. The standard InChI is InChI=1S/C16H20FNO/c1-3-8-18-16(11-13-5-4-9-19-13)14-7-6-12(2)10-15(14)17/h4-7,9-10,16,18H,3,8,11H2,1-2H3. The minimum absolute atomic E-state index is 0.0494. The normalized spacial score (nSPS) is 12.6. The van der Waals surface area contributed by atoms with Crippen molar-refractivity contribution in [2.75, 3.05) is 6.54 Å². The van der Waals surface area contributed by atoms with Gasteiger partial charge in [-0.25, -0.2) is 4.39 Å². The van der Waals surface area contributed by atoms with Crippen LogP contribution in [0.5, 0.6) is 0 Å². The van der Waals surface area contributed by atoms with E-state index in [1.54, 1.807) is 12.3 Å². The zero-order valence-corrected chi connectivity index (χ0v) is 11.4. The fourth-order valence-corrected chi connectivity index (χ4v) is 2.16. The Morgan fingerprint density at radius 2 is 2.16 bits per heavy atom. The molecule has 1 N–H and O–H groups in total. The number of rotatable bonds is 6. The van der Waals surface area contributed by atoms with Crippen LogP contribution in [-0.2, 0) is 6.42 Å². The predicted molar refractivity (Wildman–Crippen MR) is 74.6 cm³/mol. The molecule has 0 aliphatic carbocycles. The average Bonchev–Trinajstić information content (AvgIpc) is 2.88. The Balaban J connectivity index is 2.20. The number of aryl methyl sites for hydroxylation is 1. The minimum Gasteiger partial charge on any atom is -0.469 e. The first-order valence-electron chi connectivity index (χ1n) is 6.72. The van der Waals surface area contributed by atoms with Crippen LogP contribution < -0.4 is 5.32 Å². The van der Waals surface area contributed by atoms with Gasteiger partial charge in [0.1, 0.15) is 11.6 Å². The molecule has 0 bridgehead atoms. The average molecular weight is 261 g/mol. The quantitative estimate of drug-likeness (QED) is 0.850. The molecule has 1 aromatic carbocycles. The van der Waals surface area contributed by atoms with Crippen molar-refractivity contribution in [3.05, 3.63) is 59.3 Å². The highest BCUT2D eigenvalue weighted by Crippen LogP contribution is 2.22. The van der Waals surface area contributed by atoms with E-state index in [1.165, 1.54) is 0 Å². The molecule has 2 rings (SSSR count). The van der Waals surface area contributed by atoms with Crippen molar-refractivity contribution in [3.8, 4) is 0 Å². The summed E-state index contributed by atoms with van der Waals surface area (Å²) in [6, 6.07) is 9.12. The number of halogens is 1. The summed E-state index contributed by atoms with van der Waals surface area (Å²) in [4.78, 5) is 0. The molecular formula is C16H20FNO. The van der Waals surface area contributed by atoms with Gasteiger partial charge in [0.05, 0.1) is 6.26 Å². The summed E-state index contributed by atoms with van der Waals surface area (Å²) in [5, 5.41) is 3.38. The SMILES string of the molecule is CCCNC(Cc1ccco1)c1ccc(C)cc1F. The molecule has 0 spiro atoms. The van der Waals surface area contributed by atoms with Crippen molar-refractivity contribution in [1.82, 2.24) is 5.32 Å². The second-order valence-corrected chi connectivity index (χ2v) is 4.82. The summed E-state index contributed by atoms with van der Waals surface area (Å²) in [6.07, 6.45) is 3.33. The van der Waals surface area contributed by atoms with Crippen molar-refractivity contribution in [2.45, 2.75) is 32.7 Å². The van der Waals surface area contributed by atoms with Gasteiger partial charge in [-0.3, -0.25) is 0 Å². The highest BCUT2D eigenvalue weighted by Gasteiger charge is 2.16. The highest BCUT2D eigenvalue weighted by atomic mass is 19.1. The molecule has 0 amide bonds. The lowest BCUT2D eigenvalue weighted by atomic mass is 10.00. The first-order valence-corrected chi connectivity index (χ1v) is 6.72. The largest absolute Gasteiger partial charge is 0.469 e. The van der Waals surface area contributed by atoms with E-state index < -0.39 is 0 Å². The maximum Gasteiger partial charge on any atom is 0.128 e. The Morgan fingerprint density at radius 3 is 2.79 bits per heavy atom. The second-order valence-electron chi connectivity index (χ2n) is 4.82. The zero-order valence-electron chi connectivity index (χ0n) is 11.4. The fraction of sp³-hybridized carbons (Fsp3) is 0.375. The van der Waals surface area contributed by atoms with Gasteiger partial charge in [-0.2, -0.15) is 0 Å². The van der Waals surface area contributed by atoms with Crippen LogP contribution in [0, 0.1) is 12.7 Å². The van der Waals surface area contributed by atoms with Gasteiger partial charge in [0.2, 0.25) is 0 Å². The van der Waals surface area contributed by atoms with Crippen LogP contribution >= 0.6 is 0 Å². The molecule has 0 aliphatic heterocycles. The zero-order chi connectivity index (χ0) is 13.7. The molecule has 0 saturated heterocycles. The lowest BCUT2D eigenvalue weighted by Gasteiger charge is -2.19. The molecule has 1 aromatic heterocycles. The van der Waals surface area contributed by atoms with Gasteiger partial charge in [-0.1, -0.05) is 19.1 Å². The van der Waals surface area contributed by atoms with Crippen LogP contribution in [0.1, 0.15) is 36.3 Å². The fourth-order valence-electron chi connectivity index (χ4n) is 2.16. The van der Waals surface area contributed by atoms with Crippen molar-refractivity contribution in [1.29, 1.82) is 0 Å². The van der Waals surface area contributed by atoms with E-state index >= 15 is 0 Å². The van der Waals surface area contributed by atoms with E-state index in [2.05, 4.69) is 12.2 Å². The number of hydrogen-bond acceptors (Lipinski definition) is 2. The maximum atomic E-state index is 14.1. The van der Waals surface area contributed by atoms with E-state index in [-0.39, 0.29) is 11.9 Å². The van der Waals surface area contributed by atoms with Crippen LogP contribution in [0.2, 0.25) is 0 Å². The van der Waals surface area contributed by atoms with Crippen LogP contribution in [0.4, 0.5) is 4.39 Å². The number of furan rings is 1. The van der Waals surface area contributed by atoms with E-state index in [0.29, 0.717) is 12.0 Å². The Bertz CT molecular complexity index is 507. The molecule has 102 valence electrons. The van der Waals surface area contributed by atoms with Crippen molar-refractivity contribution in [3.63, 3.8) is 0 Å². The molecule has 19 heavy (non-hydrogen) atoms. The Morgan fingerprint density at radius 1 is 1.32 bits per heavy atom. The third-order valence-electron chi connectivity index (χ3n) is 3.16. The minimum atomic E-state index is -0.153. The molecule has 1 unspecified atom stereocenters. The molecule has 0 saturated carbocycles. The Kier molecular flexibility index (Phi) is 4.74. The molecule has 2 aromatic rings. The van der Waals surface area contributed by atoms with E-state index in [4.69, 9.17) is 4.42 Å². The maximum absolute atomic E-state index is 14.1. The van der Waals surface area contributed by atoms with Gasteiger partial charge < -0.3 is 9.73 Å². The third kappa shape index (κ3) is 3.67. The number of hydrogen-bond donors (Lipinski definition) is 1. The van der Waals surface area contributed by atoms with Crippen LogP contribution in [0.25, 0.3) is 0 Å². The third-order valence-corrected chi connectivity index (χ3v) is 3.16. The first-order chi connectivity index (χ1) is 9.20. The number of benzene rings is 1. The summed E-state index contributed by atoms with van der Waals surface area (Å²) >= 11 is 0. The highest BCUT2D eigenvalue weighted by molar-refractivity contribution is 5.27. The monoisotopic (exact) mass is 261 g/mol. The van der Waals surface area contributed by atoms with E-state index in [0.717, 1.165) is 24.3 Å². The van der Waals surface area contributed by atoms with Gasteiger partial charge in [-0.15, -0.1) is 0 Å². The van der Waals surface area contributed by atoms with E-state index in [9.17, 15) is 4.39 Å². The first kappa shape index (κ1) is 13.8. The van der Waals surface area contributed by atoms with Gasteiger partial charge >= 0.3 is 0 Å². The van der Waals surface area contributed by atoms with Crippen molar-refractivity contribution >= 4 is 0 Å². The number of nitrogens with one attached hydrogen (secondary N) is 1. The summed E-state index contributed by atoms with van der Waals surface area (Å²) in [5.41, 5.74) is 1.64. The van der Waals surface area contributed by atoms with Crippen LogP contribution in [0.15, 0.2) is 41.0 Å². The molecule has 3 heteroatoms. The molecule has 0 aliphatic rings. The molecule has 2 nitrogen and oxygen atoms in total. The molecule has 1 heterocycles. The van der Waals surface area contributed by atoms with Crippen LogP contribution in [-0.4, -0.2) is 6.54 Å². The van der Waals surface area contributed by atoms with Crippen molar-refractivity contribution in [2.24, 2.45) is 0 Å². The summed E-state index contributed by atoms with van der Waals surface area (Å²) in [7, 11) is 0. The smallest absolute Gasteiger partial charge is 0.128 e. The van der Waals surface area contributed by atoms with Crippen LogP contribution in [0.3, 0.4) is 0 Å². The Labute approximate surface area is 113 Å². The predicted octanol–water partition coefficient (Wildman–Crippen LogP) is 4.01. The Hall–Kier alpha value is -1.61. The molecule has 1 atom stereocenters.